The number of thiophene rings is 1. The number of rotatable bonds is 6. The van der Waals surface area contributed by atoms with Crippen LogP contribution in [0.25, 0.3) is 0 Å². The van der Waals surface area contributed by atoms with E-state index in [0.29, 0.717) is 16.8 Å². The van der Waals surface area contributed by atoms with Crippen LogP contribution >= 0.6 is 22.9 Å². The molecule has 0 aromatic carbocycles. The lowest BCUT2D eigenvalue weighted by molar-refractivity contribution is -0.121. The molecule has 130 valence electrons. The van der Waals surface area contributed by atoms with Gasteiger partial charge in [-0.3, -0.25) is 4.79 Å². The second kappa shape index (κ2) is 9.10. The monoisotopic (exact) mass is 360 g/mol. The minimum absolute atomic E-state index is 0.0214. The Morgan fingerprint density at radius 2 is 2.09 bits per heavy atom. The van der Waals surface area contributed by atoms with Crippen LogP contribution in [0.3, 0.4) is 0 Å². The smallest absolute Gasteiger partial charge is 0.242 e. The molecule has 1 aromatic rings. The highest BCUT2D eigenvalue weighted by Gasteiger charge is 2.14. The molecule has 0 bridgehead atoms. The summed E-state index contributed by atoms with van der Waals surface area (Å²) < 4.78 is 0.637. The Morgan fingerprint density at radius 3 is 2.61 bits per heavy atom. The Morgan fingerprint density at radius 1 is 1.39 bits per heavy atom. The Bertz CT molecular complexity index is 540. The molecule has 1 rings (SSSR count). The van der Waals surface area contributed by atoms with Crippen molar-refractivity contribution in [3.05, 3.63) is 21.3 Å². The summed E-state index contributed by atoms with van der Waals surface area (Å²) in [5.41, 5.74) is -0.285. The van der Waals surface area contributed by atoms with E-state index in [-0.39, 0.29) is 24.5 Å². The van der Waals surface area contributed by atoms with Crippen LogP contribution in [-0.2, 0) is 4.79 Å². The van der Waals surface area contributed by atoms with E-state index in [2.05, 4.69) is 20.9 Å². The maximum atomic E-state index is 11.8. The van der Waals surface area contributed by atoms with E-state index >= 15 is 0 Å². The van der Waals surface area contributed by atoms with Crippen molar-refractivity contribution in [2.75, 3.05) is 19.6 Å². The molecule has 23 heavy (non-hydrogen) atoms. The molecule has 0 aliphatic carbocycles. The average Bonchev–Trinajstić information content (AvgIpc) is 2.86. The zero-order valence-corrected chi connectivity index (χ0v) is 15.5. The minimum atomic E-state index is -0.681. The number of aliphatic imine (C=N–C) groups is 1. The predicted molar refractivity (Wildman–Crippen MR) is 96.2 cm³/mol. The zero-order valence-electron chi connectivity index (χ0n) is 13.9. The van der Waals surface area contributed by atoms with Crippen LogP contribution in [0.1, 0.15) is 38.7 Å². The summed E-state index contributed by atoms with van der Waals surface area (Å²) in [5.74, 6) is 0.332. The Hall–Kier alpha value is -1.31. The van der Waals surface area contributed by atoms with Crippen molar-refractivity contribution in [1.82, 2.24) is 16.0 Å². The van der Waals surface area contributed by atoms with Gasteiger partial charge in [0, 0.05) is 23.5 Å². The van der Waals surface area contributed by atoms with Gasteiger partial charge in [0.1, 0.15) is 12.6 Å². The molecule has 1 unspecified atom stereocenters. The average molecular weight is 361 g/mol. The normalized spacial score (nSPS) is 13.6. The third kappa shape index (κ3) is 8.20. The number of carbonyl (C=O) groups excluding carboxylic acids is 1. The van der Waals surface area contributed by atoms with E-state index in [0.717, 1.165) is 4.88 Å². The van der Waals surface area contributed by atoms with Crippen LogP contribution in [0.15, 0.2) is 17.1 Å². The van der Waals surface area contributed by atoms with Crippen LogP contribution in [0.4, 0.5) is 0 Å². The number of carbonyl (C=O) groups is 1. The lowest BCUT2D eigenvalue weighted by atomic mass is 10.1. The fourth-order valence-corrected chi connectivity index (χ4v) is 2.80. The summed E-state index contributed by atoms with van der Waals surface area (Å²) in [6.07, 6.45) is -0.681. The Kier molecular flexibility index (Phi) is 7.81. The van der Waals surface area contributed by atoms with Crippen molar-refractivity contribution in [3.8, 4) is 0 Å². The third-order valence-corrected chi connectivity index (χ3v) is 3.96. The van der Waals surface area contributed by atoms with Gasteiger partial charge in [-0.25, -0.2) is 4.99 Å². The Labute approximate surface area is 146 Å². The van der Waals surface area contributed by atoms with Crippen molar-refractivity contribution in [2.45, 2.75) is 39.3 Å². The summed E-state index contributed by atoms with van der Waals surface area (Å²) in [5, 5.41) is 19.0. The number of guanidine groups is 1. The van der Waals surface area contributed by atoms with Gasteiger partial charge < -0.3 is 21.1 Å². The fraction of sp³-hybridized carbons (Fsp3) is 0.600. The lowest BCUT2D eigenvalue weighted by Crippen LogP contribution is -2.43. The van der Waals surface area contributed by atoms with Gasteiger partial charge in [-0.2, -0.15) is 0 Å². The molecule has 1 atom stereocenters. The van der Waals surface area contributed by atoms with E-state index in [1.165, 1.54) is 11.3 Å². The molecule has 0 saturated carbocycles. The highest BCUT2D eigenvalue weighted by molar-refractivity contribution is 7.16. The lowest BCUT2D eigenvalue weighted by Gasteiger charge is -2.20. The first kappa shape index (κ1) is 19.7. The van der Waals surface area contributed by atoms with Gasteiger partial charge in [0.05, 0.1) is 4.34 Å². The van der Waals surface area contributed by atoms with Gasteiger partial charge in [0.25, 0.3) is 0 Å². The van der Waals surface area contributed by atoms with Crippen LogP contribution < -0.4 is 16.0 Å². The third-order valence-electron chi connectivity index (χ3n) is 2.62. The van der Waals surface area contributed by atoms with Crippen LogP contribution in [0.5, 0.6) is 0 Å². The van der Waals surface area contributed by atoms with Crippen LogP contribution in [-0.4, -0.2) is 42.1 Å². The highest BCUT2D eigenvalue weighted by Crippen LogP contribution is 2.26. The number of amides is 1. The van der Waals surface area contributed by atoms with Crippen LogP contribution in [0, 0.1) is 0 Å². The van der Waals surface area contributed by atoms with Gasteiger partial charge >= 0.3 is 0 Å². The van der Waals surface area contributed by atoms with E-state index in [1.54, 1.807) is 12.1 Å². The molecule has 0 saturated heterocycles. The van der Waals surface area contributed by atoms with Gasteiger partial charge in [-0.05, 0) is 39.8 Å². The molecule has 0 fully saturated rings. The molecule has 1 aromatic heterocycles. The highest BCUT2D eigenvalue weighted by atomic mass is 35.5. The Balaban J connectivity index is 2.53. The second-order valence-electron chi connectivity index (χ2n) is 6.03. The first-order valence-corrected chi connectivity index (χ1v) is 8.67. The number of hydrogen-bond acceptors (Lipinski definition) is 4. The fourth-order valence-electron chi connectivity index (χ4n) is 1.75. The molecule has 0 spiro atoms. The van der Waals surface area contributed by atoms with Gasteiger partial charge in [-0.15, -0.1) is 11.3 Å². The van der Waals surface area contributed by atoms with Crippen molar-refractivity contribution < 1.29 is 9.90 Å². The first-order chi connectivity index (χ1) is 10.7. The molecule has 1 heterocycles. The topological polar surface area (TPSA) is 85.8 Å². The maximum Gasteiger partial charge on any atom is 0.242 e. The first-order valence-electron chi connectivity index (χ1n) is 7.47. The number of halogens is 1. The number of nitrogens with zero attached hydrogens (tertiary/aromatic N) is 1. The molecular weight excluding hydrogens is 336 g/mol. The molecule has 4 N–H and O–H groups in total. The molecule has 0 aliphatic rings. The summed E-state index contributed by atoms with van der Waals surface area (Å²) in [6.45, 7) is 8.65. The van der Waals surface area contributed by atoms with E-state index in [1.807, 2.05) is 27.7 Å². The number of aliphatic hydroxyl groups is 1. The zero-order chi connectivity index (χ0) is 17.5. The second-order valence-corrected chi connectivity index (χ2v) is 7.78. The number of nitrogens with one attached hydrogen (secondary N) is 3. The SMILES string of the molecule is CCNC(=NCC(=O)NC(C)(C)C)NCC(O)c1ccc(Cl)s1. The van der Waals surface area contributed by atoms with Gasteiger partial charge in [0.15, 0.2) is 5.96 Å². The quantitative estimate of drug-likeness (QED) is 0.461. The predicted octanol–water partition coefficient (Wildman–Crippen LogP) is 1.90. The number of aliphatic hydroxyl groups excluding tert-OH is 1. The van der Waals surface area contributed by atoms with Crippen molar-refractivity contribution in [3.63, 3.8) is 0 Å². The van der Waals surface area contributed by atoms with Gasteiger partial charge in [0.2, 0.25) is 5.91 Å². The summed E-state index contributed by atoms with van der Waals surface area (Å²) >= 11 is 7.20. The standard InChI is InChI=1S/C15H25ClN4O2S/c1-5-17-14(19-9-13(22)20-15(2,3)4)18-8-10(21)11-6-7-12(16)23-11/h6-7,10,21H,5,8-9H2,1-4H3,(H,20,22)(H2,17,18,19). The molecule has 0 radical (unpaired) electrons. The molecule has 1 amide bonds. The maximum absolute atomic E-state index is 11.8. The number of hydrogen-bond donors (Lipinski definition) is 4. The van der Waals surface area contributed by atoms with E-state index in [4.69, 9.17) is 11.6 Å². The minimum Gasteiger partial charge on any atom is -0.386 e. The van der Waals surface area contributed by atoms with Crippen molar-refractivity contribution >= 4 is 34.8 Å². The molecular formula is C15H25ClN4O2S. The van der Waals surface area contributed by atoms with Crippen molar-refractivity contribution in [2.24, 2.45) is 4.99 Å². The largest absolute Gasteiger partial charge is 0.386 e. The summed E-state index contributed by atoms with van der Waals surface area (Å²) in [6, 6.07) is 3.54. The molecule has 6 nitrogen and oxygen atoms in total. The summed E-state index contributed by atoms with van der Waals surface area (Å²) in [7, 11) is 0. The summed E-state index contributed by atoms with van der Waals surface area (Å²) in [4.78, 5) is 16.8. The van der Waals surface area contributed by atoms with Gasteiger partial charge in [-0.1, -0.05) is 11.6 Å². The van der Waals surface area contributed by atoms with E-state index < -0.39 is 6.10 Å². The van der Waals surface area contributed by atoms with E-state index in [9.17, 15) is 9.90 Å². The van der Waals surface area contributed by atoms with Crippen LogP contribution in [0.2, 0.25) is 4.34 Å². The molecule has 8 heteroatoms. The van der Waals surface area contributed by atoms with Crippen molar-refractivity contribution in [1.29, 1.82) is 0 Å². The molecule has 0 aliphatic heterocycles.